The van der Waals surface area contributed by atoms with Crippen LogP contribution in [0.25, 0.3) is 0 Å². The Morgan fingerprint density at radius 1 is 1.17 bits per heavy atom. The second-order valence-corrected chi connectivity index (χ2v) is 4.95. The van der Waals surface area contributed by atoms with Crippen molar-refractivity contribution >= 4 is 0 Å². The van der Waals surface area contributed by atoms with E-state index in [-0.39, 0.29) is 0 Å². The van der Waals surface area contributed by atoms with Crippen molar-refractivity contribution in [3.63, 3.8) is 0 Å². The van der Waals surface area contributed by atoms with Gasteiger partial charge in [-0.25, -0.2) is 0 Å². The first-order chi connectivity index (χ1) is 5.79. The lowest BCUT2D eigenvalue weighted by molar-refractivity contribution is 0.198. The van der Waals surface area contributed by atoms with Crippen LogP contribution in [0.1, 0.15) is 51.9 Å². The van der Waals surface area contributed by atoms with Gasteiger partial charge in [-0.2, -0.15) is 0 Å². The van der Waals surface area contributed by atoms with E-state index in [4.69, 9.17) is 0 Å². The number of rotatable bonds is 3. The molecular formula is C11H21N. The van der Waals surface area contributed by atoms with Gasteiger partial charge in [-0.1, -0.05) is 12.8 Å². The lowest BCUT2D eigenvalue weighted by Crippen LogP contribution is -2.49. The van der Waals surface area contributed by atoms with Gasteiger partial charge in [0.05, 0.1) is 0 Å². The average Bonchev–Trinajstić information content (AvgIpc) is 2.49. The van der Waals surface area contributed by atoms with Gasteiger partial charge in [0, 0.05) is 5.54 Å². The molecule has 0 amide bonds. The summed E-state index contributed by atoms with van der Waals surface area (Å²) < 4.78 is 0. The monoisotopic (exact) mass is 167 g/mol. The maximum absolute atomic E-state index is 3.74. The molecular weight excluding hydrogens is 146 g/mol. The number of hydrogen-bond acceptors (Lipinski definition) is 1. The van der Waals surface area contributed by atoms with Crippen LogP contribution in [0.2, 0.25) is 0 Å². The number of nitrogens with one attached hydrogen (secondary N) is 1. The Hall–Kier alpha value is -0.0400. The molecule has 0 heterocycles. The van der Waals surface area contributed by atoms with Crippen LogP contribution in [0.4, 0.5) is 0 Å². The summed E-state index contributed by atoms with van der Waals surface area (Å²) in [6, 6.07) is 0. The fraction of sp³-hybridized carbons (Fsp3) is 1.00. The largest absolute Gasteiger partial charge is 0.311 e. The van der Waals surface area contributed by atoms with Crippen molar-refractivity contribution in [3.8, 4) is 0 Å². The summed E-state index contributed by atoms with van der Waals surface area (Å²) in [5, 5.41) is 3.74. The maximum Gasteiger partial charge on any atom is 0.0153 e. The first-order valence-corrected chi connectivity index (χ1v) is 5.54. The van der Waals surface area contributed by atoms with E-state index in [0.717, 1.165) is 5.92 Å². The van der Waals surface area contributed by atoms with Crippen LogP contribution >= 0.6 is 0 Å². The minimum atomic E-state index is 0.530. The summed E-state index contributed by atoms with van der Waals surface area (Å²) >= 11 is 0. The van der Waals surface area contributed by atoms with Crippen LogP contribution in [0, 0.1) is 5.92 Å². The summed E-state index contributed by atoms with van der Waals surface area (Å²) in [4.78, 5) is 0. The molecule has 2 fully saturated rings. The van der Waals surface area contributed by atoms with E-state index in [0.29, 0.717) is 5.54 Å². The van der Waals surface area contributed by atoms with Crippen LogP contribution in [0.5, 0.6) is 0 Å². The Morgan fingerprint density at radius 2 is 1.83 bits per heavy atom. The summed E-state index contributed by atoms with van der Waals surface area (Å²) in [6.07, 6.45) is 10.1. The predicted molar refractivity (Wildman–Crippen MR) is 52.2 cm³/mol. The Labute approximate surface area is 75.9 Å². The van der Waals surface area contributed by atoms with Crippen molar-refractivity contribution in [3.05, 3.63) is 0 Å². The molecule has 2 aliphatic carbocycles. The van der Waals surface area contributed by atoms with Crippen molar-refractivity contribution in [2.24, 2.45) is 5.92 Å². The zero-order chi connectivity index (χ0) is 8.44. The summed E-state index contributed by atoms with van der Waals surface area (Å²) in [5.41, 5.74) is 0.530. The van der Waals surface area contributed by atoms with E-state index < -0.39 is 0 Å². The molecule has 0 atom stereocenters. The van der Waals surface area contributed by atoms with Gasteiger partial charge in [0.25, 0.3) is 0 Å². The SMILES string of the molecule is CC1(NCC2CCCC2)CCC1. The molecule has 0 saturated heterocycles. The standard InChI is InChI=1S/C11H21N/c1-11(7-4-8-11)12-9-10-5-2-3-6-10/h10,12H,2-9H2,1H3. The summed E-state index contributed by atoms with van der Waals surface area (Å²) in [5.74, 6) is 1.00. The molecule has 0 aromatic rings. The molecule has 70 valence electrons. The van der Waals surface area contributed by atoms with E-state index in [1.165, 1.54) is 51.5 Å². The van der Waals surface area contributed by atoms with Crippen LogP contribution in [0.15, 0.2) is 0 Å². The van der Waals surface area contributed by atoms with Crippen molar-refractivity contribution in [1.29, 1.82) is 0 Å². The molecule has 0 unspecified atom stereocenters. The zero-order valence-electron chi connectivity index (χ0n) is 8.23. The van der Waals surface area contributed by atoms with E-state index in [1.807, 2.05) is 0 Å². The van der Waals surface area contributed by atoms with Crippen molar-refractivity contribution in [2.45, 2.75) is 57.4 Å². The molecule has 1 heteroatoms. The highest BCUT2D eigenvalue weighted by molar-refractivity contribution is 4.92. The third-order valence-corrected chi connectivity index (χ3v) is 3.75. The van der Waals surface area contributed by atoms with Crippen molar-refractivity contribution < 1.29 is 0 Å². The van der Waals surface area contributed by atoms with Gasteiger partial charge in [0.15, 0.2) is 0 Å². The molecule has 0 radical (unpaired) electrons. The molecule has 0 aromatic heterocycles. The molecule has 1 nitrogen and oxygen atoms in total. The first-order valence-electron chi connectivity index (χ1n) is 5.54. The number of hydrogen-bond donors (Lipinski definition) is 1. The zero-order valence-corrected chi connectivity index (χ0v) is 8.23. The van der Waals surface area contributed by atoms with Crippen molar-refractivity contribution in [1.82, 2.24) is 5.32 Å². The summed E-state index contributed by atoms with van der Waals surface area (Å²) in [6.45, 7) is 3.67. The lowest BCUT2D eigenvalue weighted by atomic mass is 9.78. The molecule has 0 spiro atoms. The topological polar surface area (TPSA) is 12.0 Å². The van der Waals surface area contributed by atoms with Crippen LogP contribution < -0.4 is 5.32 Å². The average molecular weight is 167 g/mol. The fourth-order valence-corrected chi connectivity index (χ4v) is 2.49. The highest BCUT2D eigenvalue weighted by Gasteiger charge is 2.31. The Morgan fingerprint density at radius 3 is 2.33 bits per heavy atom. The molecule has 0 aromatic carbocycles. The van der Waals surface area contributed by atoms with E-state index in [9.17, 15) is 0 Å². The molecule has 2 aliphatic rings. The molecule has 0 aliphatic heterocycles. The molecule has 1 N–H and O–H groups in total. The molecule has 12 heavy (non-hydrogen) atoms. The Kier molecular flexibility index (Phi) is 2.40. The van der Waals surface area contributed by atoms with Gasteiger partial charge in [0.1, 0.15) is 0 Å². The van der Waals surface area contributed by atoms with Crippen LogP contribution in [-0.4, -0.2) is 12.1 Å². The third kappa shape index (κ3) is 1.82. The van der Waals surface area contributed by atoms with Gasteiger partial charge in [-0.15, -0.1) is 0 Å². The van der Waals surface area contributed by atoms with Crippen LogP contribution in [0.3, 0.4) is 0 Å². The lowest BCUT2D eigenvalue weighted by Gasteiger charge is -2.40. The second kappa shape index (κ2) is 3.37. The van der Waals surface area contributed by atoms with Gasteiger partial charge >= 0.3 is 0 Å². The van der Waals surface area contributed by atoms with E-state index in [2.05, 4.69) is 12.2 Å². The molecule has 0 bridgehead atoms. The maximum atomic E-state index is 3.74. The van der Waals surface area contributed by atoms with Crippen LogP contribution in [-0.2, 0) is 0 Å². The minimum absolute atomic E-state index is 0.530. The first kappa shape index (κ1) is 8.55. The minimum Gasteiger partial charge on any atom is -0.311 e. The van der Waals surface area contributed by atoms with Gasteiger partial charge in [-0.3, -0.25) is 0 Å². The normalized spacial score (nSPS) is 28.8. The van der Waals surface area contributed by atoms with E-state index in [1.54, 1.807) is 0 Å². The third-order valence-electron chi connectivity index (χ3n) is 3.75. The molecule has 2 rings (SSSR count). The fourth-order valence-electron chi connectivity index (χ4n) is 2.49. The van der Waals surface area contributed by atoms with Crippen molar-refractivity contribution in [2.75, 3.05) is 6.54 Å². The highest BCUT2D eigenvalue weighted by Crippen LogP contribution is 2.32. The second-order valence-electron chi connectivity index (χ2n) is 4.95. The summed E-state index contributed by atoms with van der Waals surface area (Å²) in [7, 11) is 0. The van der Waals surface area contributed by atoms with E-state index >= 15 is 0 Å². The predicted octanol–water partition coefficient (Wildman–Crippen LogP) is 2.71. The van der Waals surface area contributed by atoms with Gasteiger partial charge < -0.3 is 5.32 Å². The molecule has 2 saturated carbocycles. The smallest absolute Gasteiger partial charge is 0.0153 e. The van der Waals surface area contributed by atoms with Gasteiger partial charge in [-0.05, 0) is 51.5 Å². The Bertz CT molecular complexity index is 143. The quantitative estimate of drug-likeness (QED) is 0.681. The highest BCUT2D eigenvalue weighted by atomic mass is 15.0. The Balaban J connectivity index is 1.67. The van der Waals surface area contributed by atoms with Gasteiger partial charge in [0.2, 0.25) is 0 Å².